The van der Waals surface area contributed by atoms with Gasteiger partial charge in [-0.15, -0.1) is 11.8 Å². The Morgan fingerprint density at radius 2 is 1.50 bits per heavy atom. The minimum atomic E-state index is -0.0187. The van der Waals surface area contributed by atoms with Gasteiger partial charge in [-0.1, -0.05) is 48.5 Å². The first-order chi connectivity index (χ1) is 8.84. The summed E-state index contributed by atoms with van der Waals surface area (Å²) < 4.78 is 0. The van der Waals surface area contributed by atoms with Crippen LogP contribution in [0.25, 0.3) is 0 Å². The summed E-state index contributed by atoms with van der Waals surface area (Å²) in [4.78, 5) is 12.8. The van der Waals surface area contributed by atoms with E-state index in [9.17, 15) is 4.79 Å². The zero-order valence-electron chi connectivity index (χ0n) is 9.74. The van der Waals surface area contributed by atoms with E-state index in [1.165, 1.54) is 5.56 Å². The van der Waals surface area contributed by atoms with Crippen LogP contribution in [0.4, 0.5) is 0 Å². The van der Waals surface area contributed by atoms with Crippen molar-refractivity contribution in [2.75, 3.05) is 0 Å². The topological polar surface area (TPSA) is 29.1 Å². The van der Waals surface area contributed by atoms with Crippen LogP contribution in [0.1, 0.15) is 11.6 Å². The summed E-state index contributed by atoms with van der Waals surface area (Å²) in [6.45, 7) is 0. The second-order valence-electron chi connectivity index (χ2n) is 4.25. The van der Waals surface area contributed by atoms with Gasteiger partial charge in [-0.25, -0.2) is 0 Å². The maximum atomic E-state index is 11.7. The van der Waals surface area contributed by atoms with Crippen molar-refractivity contribution in [1.82, 2.24) is 5.32 Å². The predicted octanol–water partition coefficient (Wildman–Crippen LogP) is 3.02. The first-order valence-electron chi connectivity index (χ1n) is 5.91. The van der Waals surface area contributed by atoms with Crippen molar-refractivity contribution in [3.8, 4) is 0 Å². The minimum absolute atomic E-state index is 0.0187. The lowest BCUT2D eigenvalue weighted by atomic mass is 9.97. The van der Waals surface area contributed by atoms with Crippen molar-refractivity contribution in [3.63, 3.8) is 0 Å². The quantitative estimate of drug-likeness (QED) is 0.854. The fraction of sp³-hybridized carbons (Fsp3) is 0.133. The lowest BCUT2D eigenvalue weighted by Crippen LogP contribution is -2.53. The average molecular weight is 255 g/mol. The van der Waals surface area contributed by atoms with Crippen LogP contribution in [0.2, 0.25) is 0 Å². The Balaban J connectivity index is 1.77. The molecule has 1 aliphatic heterocycles. The number of thioether (sulfide) groups is 1. The molecule has 1 amide bonds. The monoisotopic (exact) mass is 255 g/mol. The number of hydrogen-bond acceptors (Lipinski definition) is 2. The van der Waals surface area contributed by atoms with Crippen LogP contribution in [0, 0.1) is 0 Å². The van der Waals surface area contributed by atoms with Gasteiger partial charge in [-0.05, 0) is 17.7 Å². The molecule has 3 rings (SSSR count). The third kappa shape index (κ3) is 2.14. The molecule has 0 saturated carbocycles. The molecule has 90 valence electrons. The Labute approximate surface area is 110 Å². The third-order valence-corrected chi connectivity index (χ3v) is 4.31. The zero-order chi connectivity index (χ0) is 12.4. The molecule has 1 aliphatic rings. The molecule has 0 radical (unpaired) electrons. The number of nitrogens with one attached hydrogen (secondary N) is 1. The van der Waals surface area contributed by atoms with E-state index in [2.05, 4.69) is 17.4 Å². The van der Waals surface area contributed by atoms with Gasteiger partial charge in [-0.2, -0.15) is 0 Å². The summed E-state index contributed by atoms with van der Waals surface area (Å²) in [5, 5.41) is 2.95. The Kier molecular flexibility index (Phi) is 3.07. The van der Waals surface area contributed by atoms with Crippen LogP contribution < -0.4 is 5.32 Å². The summed E-state index contributed by atoms with van der Waals surface area (Å²) in [7, 11) is 0. The maximum absolute atomic E-state index is 11.7. The molecule has 2 nitrogen and oxygen atoms in total. The second kappa shape index (κ2) is 4.86. The molecule has 0 bridgehead atoms. The van der Waals surface area contributed by atoms with Gasteiger partial charge in [0.25, 0.3) is 0 Å². The lowest BCUT2D eigenvalue weighted by molar-refractivity contribution is -0.127. The molecule has 0 aliphatic carbocycles. The lowest BCUT2D eigenvalue weighted by Gasteiger charge is -2.36. The number of β-lactam (4-membered cyclic amide) rings is 1. The van der Waals surface area contributed by atoms with Crippen LogP contribution >= 0.6 is 11.8 Å². The van der Waals surface area contributed by atoms with E-state index in [0.717, 1.165) is 4.90 Å². The number of hydrogen-bond donors (Lipinski definition) is 1. The predicted molar refractivity (Wildman–Crippen MR) is 73.4 cm³/mol. The average Bonchev–Trinajstić information content (AvgIpc) is 2.44. The molecule has 0 spiro atoms. The zero-order valence-corrected chi connectivity index (χ0v) is 10.6. The fourth-order valence-corrected chi connectivity index (χ4v) is 3.20. The summed E-state index contributed by atoms with van der Waals surface area (Å²) >= 11 is 1.63. The maximum Gasteiger partial charge on any atom is 0.236 e. The molecular weight excluding hydrogens is 242 g/mol. The van der Waals surface area contributed by atoms with Gasteiger partial charge in [0.15, 0.2) is 0 Å². The Bertz CT molecular complexity index is 541. The SMILES string of the molecule is O=C1N[C@@H](c2ccccc2)[C@H]1Sc1ccccc1. The molecule has 18 heavy (non-hydrogen) atoms. The molecule has 1 heterocycles. The van der Waals surface area contributed by atoms with Gasteiger partial charge in [0.2, 0.25) is 5.91 Å². The van der Waals surface area contributed by atoms with Crippen LogP contribution in [0.5, 0.6) is 0 Å². The molecule has 0 unspecified atom stereocenters. The molecule has 0 aromatic heterocycles. The molecule has 2 aromatic carbocycles. The summed E-state index contributed by atoms with van der Waals surface area (Å²) in [6.07, 6.45) is 0. The molecule has 1 saturated heterocycles. The van der Waals surface area contributed by atoms with Crippen molar-refractivity contribution >= 4 is 17.7 Å². The highest BCUT2D eigenvalue weighted by atomic mass is 32.2. The number of rotatable bonds is 3. The van der Waals surface area contributed by atoms with Gasteiger partial charge >= 0.3 is 0 Å². The first kappa shape index (κ1) is 11.4. The van der Waals surface area contributed by atoms with E-state index in [-0.39, 0.29) is 17.2 Å². The molecule has 3 heteroatoms. The Hall–Kier alpha value is -1.74. The van der Waals surface area contributed by atoms with E-state index in [1.54, 1.807) is 11.8 Å². The Morgan fingerprint density at radius 1 is 0.889 bits per heavy atom. The highest BCUT2D eigenvalue weighted by Gasteiger charge is 2.40. The number of amides is 1. The van der Waals surface area contributed by atoms with Crippen molar-refractivity contribution < 1.29 is 4.79 Å². The highest BCUT2D eigenvalue weighted by molar-refractivity contribution is 8.00. The van der Waals surface area contributed by atoms with Crippen molar-refractivity contribution in [3.05, 3.63) is 66.2 Å². The minimum Gasteiger partial charge on any atom is -0.347 e. The fourth-order valence-electron chi connectivity index (χ4n) is 2.05. The van der Waals surface area contributed by atoms with E-state index < -0.39 is 0 Å². The number of carbonyl (C=O) groups excluding carboxylic acids is 1. The van der Waals surface area contributed by atoms with Gasteiger partial charge in [0.1, 0.15) is 5.25 Å². The Morgan fingerprint density at radius 3 is 2.11 bits per heavy atom. The normalized spacial score (nSPS) is 22.1. The summed E-state index contributed by atoms with van der Waals surface area (Å²) in [5.41, 5.74) is 1.17. The van der Waals surface area contributed by atoms with Crippen LogP contribution in [-0.4, -0.2) is 11.2 Å². The van der Waals surface area contributed by atoms with Crippen LogP contribution in [0.15, 0.2) is 65.6 Å². The second-order valence-corrected chi connectivity index (χ2v) is 5.46. The van der Waals surface area contributed by atoms with E-state index >= 15 is 0 Å². The van der Waals surface area contributed by atoms with E-state index in [4.69, 9.17) is 0 Å². The van der Waals surface area contributed by atoms with Crippen LogP contribution in [-0.2, 0) is 4.79 Å². The summed E-state index contributed by atoms with van der Waals surface area (Å²) in [6, 6.07) is 20.3. The molecule has 2 atom stereocenters. The van der Waals surface area contributed by atoms with Crippen molar-refractivity contribution in [2.45, 2.75) is 16.2 Å². The van der Waals surface area contributed by atoms with E-state index in [0.29, 0.717) is 0 Å². The van der Waals surface area contributed by atoms with Gasteiger partial charge in [-0.3, -0.25) is 4.79 Å². The van der Waals surface area contributed by atoms with Crippen LogP contribution in [0.3, 0.4) is 0 Å². The van der Waals surface area contributed by atoms with Crippen molar-refractivity contribution in [2.24, 2.45) is 0 Å². The van der Waals surface area contributed by atoms with Crippen molar-refractivity contribution in [1.29, 1.82) is 0 Å². The third-order valence-electron chi connectivity index (χ3n) is 3.02. The smallest absolute Gasteiger partial charge is 0.236 e. The molecular formula is C15H13NOS. The standard InChI is InChI=1S/C15H13NOS/c17-15-14(18-12-9-5-2-6-10-12)13(16-15)11-7-3-1-4-8-11/h1-10,13-14H,(H,16,17)/t13-,14+/m0/s1. The molecule has 2 aromatic rings. The largest absolute Gasteiger partial charge is 0.347 e. The van der Waals surface area contributed by atoms with Gasteiger partial charge < -0.3 is 5.32 Å². The summed E-state index contributed by atoms with van der Waals surface area (Å²) in [5.74, 6) is 0.123. The molecule has 1 N–H and O–H groups in total. The van der Waals surface area contributed by atoms with E-state index in [1.807, 2.05) is 48.5 Å². The number of benzene rings is 2. The van der Waals surface area contributed by atoms with Gasteiger partial charge in [0.05, 0.1) is 6.04 Å². The van der Waals surface area contributed by atoms with Gasteiger partial charge in [0, 0.05) is 4.90 Å². The molecule has 1 fully saturated rings. The number of carbonyl (C=O) groups is 1. The highest BCUT2D eigenvalue weighted by Crippen LogP contribution is 2.37. The first-order valence-corrected chi connectivity index (χ1v) is 6.79.